The van der Waals surface area contributed by atoms with E-state index in [0.717, 1.165) is 17.3 Å². The number of nitrogens with one attached hydrogen (secondary N) is 9. The molecule has 35 nitrogen and oxygen atoms in total. The Morgan fingerprint density at radius 2 is 0.845 bits per heavy atom. The maximum atomic E-state index is 14.5. The third-order valence-corrected chi connectivity index (χ3v) is 18.4. The lowest BCUT2D eigenvalue weighted by molar-refractivity contribution is -0.141. The molecule has 608 valence electrons. The minimum Gasteiger partial charge on any atom is -0.391 e. The summed E-state index contributed by atoms with van der Waals surface area (Å²) in [6.45, 7) is -5.71. The number of fused-ring (bicyclic) bond motifs is 4. The van der Waals surface area contributed by atoms with Crippen molar-refractivity contribution in [3.05, 3.63) is 118 Å². The summed E-state index contributed by atoms with van der Waals surface area (Å²) in [5.41, 5.74) is 3.46. The molecule has 0 radical (unpaired) electrons. The van der Waals surface area contributed by atoms with E-state index in [1.165, 1.54) is 59.9 Å². The Balaban J connectivity index is 0.000000135. The molecule has 0 unspecified atom stereocenters. The van der Waals surface area contributed by atoms with Gasteiger partial charge < -0.3 is 71.4 Å². The normalized spacial score (nSPS) is 17.6. The van der Waals surface area contributed by atoms with Crippen molar-refractivity contribution in [1.82, 2.24) is 126 Å². The first-order chi connectivity index (χ1) is 55.2. The lowest BCUT2D eigenvalue weighted by Crippen LogP contribution is -2.55. The van der Waals surface area contributed by atoms with E-state index in [1.54, 1.807) is 48.7 Å². The second-order valence-corrected chi connectivity index (χ2v) is 26.5. The smallest absolute Gasteiger partial charge is 0.391 e. The summed E-state index contributed by atoms with van der Waals surface area (Å²) in [7, 11) is 0. The van der Waals surface area contributed by atoms with Gasteiger partial charge in [0.05, 0.1) is 30.5 Å². The van der Waals surface area contributed by atoms with Gasteiger partial charge in [0, 0.05) is 139 Å². The van der Waals surface area contributed by atoms with Gasteiger partial charge in [-0.2, -0.15) is 57.7 Å². The zero-order valence-electron chi connectivity index (χ0n) is 59.4. The van der Waals surface area contributed by atoms with Crippen LogP contribution in [0.15, 0.2) is 106 Å². The van der Waals surface area contributed by atoms with Gasteiger partial charge in [-0.3, -0.25) is 19.2 Å². The topological polar surface area (TPSA) is 461 Å². The molecule has 4 atom stereocenters. The van der Waals surface area contributed by atoms with Crippen molar-refractivity contribution in [2.75, 3.05) is 72.4 Å². The lowest BCUT2D eigenvalue weighted by atomic mass is 9.96. The van der Waals surface area contributed by atoms with Gasteiger partial charge in [0.15, 0.2) is 46.6 Å². The number of hydrogen-bond donors (Lipinski definition) is 11. The maximum Gasteiger partial charge on any atom is 0.405 e. The zero-order chi connectivity index (χ0) is 82.4. The number of anilines is 4. The van der Waals surface area contributed by atoms with Crippen LogP contribution in [0, 0.1) is 17.6 Å². The molecule has 12 aromatic rings. The average molecular weight is 1630 g/mol. The van der Waals surface area contributed by atoms with E-state index in [-0.39, 0.29) is 68.3 Å². The van der Waals surface area contributed by atoms with Crippen molar-refractivity contribution in [3.8, 4) is 45.6 Å². The largest absolute Gasteiger partial charge is 0.405 e. The summed E-state index contributed by atoms with van der Waals surface area (Å²) in [6, 6.07) is -0.649. The van der Waals surface area contributed by atoms with Crippen molar-refractivity contribution >= 4 is 91.2 Å². The molecule has 16 rings (SSSR count). The number of amides is 4. The predicted molar refractivity (Wildman–Crippen MR) is 378 cm³/mol. The molecule has 4 aliphatic rings. The number of nitrogens with zero attached hydrogens (tertiary/aromatic N) is 20. The molecule has 4 amide bonds. The molecule has 0 bridgehead atoms. The van der Waals surface area contributed by atoms with Gasteiger partial charge >= 0.3 is 24.7 Å². The van der Waals surface area contributed by atoms with Crippen LogP contribution < -0.4 is 41.3 Å². The quantitative estimate of drug-likeness (QED) is 0.0459. The molecule has 0 aromatic carbocycles. The molecule has 3 saturated heterocycles. The fraction of sp³-hybridized carbons (Fsp3) is 0.358. The van der Waals surface area contributed by atoms with Gasteiger partial charge in [-0.15, -0.1) is 0 Å². The third-order valence-electron chi connectivity index (χ3n) is 18.4. The van der Waals surface area contributed by atoms with Crippen molar-refractivity contribution in [1.29, 1.82) is 0 Å². The van der Waals surface area contributed by atoms with Crippen LogP contribution in [-0.2, 0) is 19.2 Å². The van der Waals surface area contributed by atoms with Crippen LogP contribution in [0.4, 0.5) is 84.9 Å². The molecule has 4 fully saturated rings. The van der Waals surface area contributed by atoms with Crippen LogP contribution in [0.5, 0.6) is 0 Å². The van der Waals surface area contributed by atoms with Crippen molar-refractivity contribution < 1.29 is 90.9 Å². The Morgan fingerprint density at radius 1 is 0.448 bits per heavy atom. The molecular weight excluding hydrogens is 1570 g/mol. The lowest BCUT2D eigenvalue weighted by Gasteiger charge is -2.39. The highest BCUT2D eigenvalue weighted by Crippen LogP contribution is 2.37. The molecule has 116 heavy (non-hydrogen) atoms. The molecule has 49 heteroatoms. The second kappa shape index (κ2) is 33.4. The molecule has 12 aromatic heterocycles. The number of hydrogen-bond acceptors (Lipinski definition) is 27. The van der Waals surface area contributed by atoms with Gasteiger partial charge in [0.2, 0.25) is 29.6 Å². The van der Waals surface area contributed by atoms with Crippen LogP contribution >= 0.6 is 0 Å². The first-order valence-corrected chi connectivity index (χ1v) is 34.7. The molecule has 1 saturated carbocycles. The Kier molecular flexibility index (Phi) is 23.3. The summed E-state index contributed by atoms with van der Waals surface area (Å²) in [5, 5.41) is 33.0. The highest BCUT2D eigenvalue weighted by atomic mass is 19.4. The maximum absolute atomic E-state index is 14.5. The fourth-order valence-electron chi connectivity index (χ4n) is 13.0. The number of carbonyl (C=O) groups is 4. The van der Waals surface area contributed by atoms with E-state index in [1.807, 2.05) is 16.0 Å². The minimum atomic E-state index is -4.59. The highest BCUT2D eigenvalue weighted by molar-refractivity contribution is 5.95. The van der Waals surface area contributed by atoms with Crippen LogP contribution in [0.3, 0.4) is 0 Å². The van der Waals surface area contributed by atoms with Crippen LogP contribution in [-0.4, -0.2) is 245 Å². The van der Waals surface area contributed by atoms with Crippen molar-refractivity contribution in [3.63, 3.8) is 0 Å². The summed E-state index contributed by atoms with van der Waals surface area (Å²) in [6.07, 6.45) is 5.13. The number of aliphatic hydroxyl groups is 2. The second-order valence-electron chi connectivity index (χ2n) is 26.5. The van der Waals surface area contributed by atoms with Crippen LogP contribution in [0.2, 0.25) is 0 Å². The zero-order valence-corrected chi connectivity index (χ0v) is 59.4. The minimum absolute atomic E-state index is 0.00392. The van der Waals surface area contributed by atoms with E-state index < -0.39 is 122 Å². The Bertz CT molecular complexity index is 5520. The van der Waals surface area contributed by atoms with Gasteiger partial charge in [-0.1, -0.05) is 12.8 Å². The molecule has 0 spiro atoms. The number of aliphatic hydroxyl groups excluding tert-OH is 2. The van der Waals surface area contributed by atoms with Gasteiger partial charge in [0.25, 0.3) is 0 Å². The number of aromatic amines is 4. The summed E-state index contributed by atoms with van der Waals surface area (Å²) >= 11 is 0. The molecule has 1 aliphatic carbocycles. The van der Waals surface area contributed by atoms with Gasteiger partial charge in [-0.05, 0) is 18.9 Å². The SMILES string of the molecule is O=C(NCC(F)(F)F)C1(Nc2ncnc(-c3c[nH]c4ncncc34)n2)CCCC1.O=C(NCC(F)(F)F)C1CN(c2nc(-c3c[nH]c4ncncc34)ncc2F)C1.O=C(NCC(F)(F)F)[C@H]1C[C@H](O)CN1c1ccnc(-c2c[nH]c3ncncc23)n1.O=C(NCC(F)(F)F)[C@H]1C[C@H](O)CN1c1nc(-c2c[nH]c3ncncc23)ncc1F. The highest BCUT2D eigenvalue weighted by Gasteiger charge is 2.45. The molecule has 15 heterocycles. The predicted octanol–water partition coefficient (Wildman–Crippen LogP) is 6.09. The van der Waals surface area contributed by atoms with Crippen molar-refractivity contribution in [2.24, 2.45) is 5.92 Å². The average Bonchev–Trinajstić information content (AvgIpc) is 1.56. The Labute approximate surface area is 640 Å². The summed E-state index contributed by atoms with van der Waals surface area (Å²) in [5.74, 6) is -4.35. The molecule has 3 aliphatic heterocycles. The standard InChI is InChI=1S/C17H15F4N7O2.C17H17F3N8O.C17H16F3N7O2.C16H13F4N7O/c18-11-4-24-14(10-3-23-13-9(10)2-22-7-26-13)27-15(11)28-5-8(29)1-12(28)16(30)25-6-17(19,20)21;18-17(19,20)7-23-14(29)16(3-1-2-4-16)28-15-26-9-25-13(27-15)11-6-22-12-10(11)5-21-8-24-12;18-17(19,20)7-24-16(29)12-3-9(28)6-27(12)13-1-2-22-15(26-13)11-5-23-14-10(11)4-21-8-25-14;17-11-3-23-13(10-2-22-12-9(10)1-21-7-25-12)26-14(11)27-4-8(5-27)15(28)24-6-16(18,19)20/h2-4,7-8,12,29H,1,5-6H2,(H,25,30)(H,22,23,26);5-6,8-9H,1-4,7H2,(H,23,29)(H,21,22,24)(H,25,26,27,28);1-2,4-5,8-9,12,28H,3,6-7H2,(H,24,29)(H,21,23,25);1-3,7-8H,4-6H2,(H,24,28)(H,21,22,25)/t8-,12+;;9-,12+;/m0.0./s1. The first kappa shape index (κ1) is 80.8. The number of halogens is 14. The number of β-amino-alcohol motifs (C(OH)–C–C–N with tert-alkyl or cyclic N) is 2. The van der Waals surface area contributed by atoms with Crippen molar-refractivity contribution in [2.45, 2.75) is 93.1 Å². The van der Waals surface area contributed by atoms with E-state index in [2.05, 4.69) is 110 Å². The van der Waals surface area contributed by atoms with E-state index in [9.17, 15) is 90.9 Å². The van der Waals surface area contributed by atoms with E-state index in [0.29, 0.717) is 110 Å². The summed E-state index contributed by atoms with van der Waals surface area (Å²) in [4.78, 5) is 135. The number of H-pyrrole nitrogens is 4. The number of rotatable bonds is 17. The van der Waals surface area contributed by atoms with Crippen LogP contribution in [0.1, 0.15) is 38.5 Å². The number of alkyl halides is 12. The van der Waals surface area contributed by atoms with E-state index in [4.69, 9.17) is 0 Å². The van der Waals surface area contributed by atoms with Gasteiger partial charge in [0.1, 0.15) is 104 Å². The third kappa shape index (κ3) is 19.2. The Morgan fingerprint density at radius 3 is 1.30 bits per heavy atom. The summed E-state index contributed by atoms with van der Waals surface area (Å²) < 4.78 is 177. The van der Waals surface area contributed by atoms with Gasteiger partial charge in [-0.25, -0.2) is 88.5 Å². The number of aromatic nitrogens is 21. The van der Waals surface area contributed by atoms with E-state index >= 15 is 0 Å². The Hall–Kier alpha value is -13.3. The monoisotopic (exact) mass is 1630 g/mol. The molecular formula is C67H61F14N29O6. The molecule has 11 N–H and O–H groups in total. The van der Waals surface area contributed by atoms with Crippen LogP contribution in [0.25, 0.3) is 89.7 Å². The number of carbonyl (C=O) groups excluding carboxylic acids is 4. The fourth-order valence-corrected chi connectivity index (χ4v) is 13.0. The first-order valence-electron chi connectivity index (χ1n) is 34.7.